The first-order valence-electron chi connectivity index (χ1n) is 9.23. The highest BCUT2D eigenvalue weighted by Gasteiger charge is 2.11. The molecule has 0 atom stereocenters. The average Bonchev–Trinajstić information content (AvgIpc) is 2.74. The molecule has 0 saturated carbocycles. The standard InChI is InChI=1S/C20H22Cl2N6O/c1-4-28(5-2)12-14-10-15(7-9-18(14)29-3)23-20-26-24-19(25-27-20)13-6-8-16(21)17(22)11-13/h6-11H,4-5,12H2,1-3H3,(H,23,26,27). The monoisotopic (exact) mass is 432 g/mol. The van der Waals surface area contributed by atoms with Gasteiger partial charge in [0.2, 0.25) is 5.82 Å². The predicted molar refractivity (Wildman–Crippen MR) is 116 cm³/mol. The summed E-state index contributed by atoms with van der Waals surface area (Å²) < 4.78 is 5.49. The Labute approximate surface area is 180 Å². The lowest BCUT2D eigenvalue weighted by molar-refractivity contribution is 0.289. The van der Waals surface area contributed by atoms with E-state index < -0.39 is 0 Å². The Bertz CT molecular complexity index is 964. The molecule has 152 valence electrons. The van der Waals surface area contributed by atoms with Crippen molar-refractivity contribution in [1.82, 2.24) is 25.3 Å². The van der Waals surface area contributed by atoms with Crippen LogP contribution >= 0.6 is 23.2 Å². The van der Waals surface area contributed by atoms with Gasteiger partial charge in [0.05, 0.1) is 17.2 Å². The van der Waals surface area contributed by atoms with E-state index in [4.69, 9.17) is 27.9 Å². The van der Waals surface area contributed by atoms with E-state index in [-0.39, 0.29) is 0 Å². The van der Waals surface area contributed by atoms with Crippen LogP contribution in [0.5, 0.6) is 5.75 Å². The summed E-state index contributed by atoms with van der Waals surface area (Å²) in [4.78, 5) is 2.31. The number of hydrogen-bond donors (Lipinski definition) is 1. The summed E-state index contributed by atoms with van der Waals surface area (Å²) in [5.41, 5.74) is 2.60. The summed E-state index contributed by atoms with van der Waals surface area (Å²) in [6, 6.07) is 11.0. The Morgan fingerprint density at radius 2 is 1.66 bits per heavy atom. The van der Waals surface area contributed by atoms with Crippen LogP contribution in [0.1, 0.15) is 19.4 Å². The predicted octanol–water partition coefficient (Wildman–Crippen LogP) is 4.83. The maximum atomic E-state index is 6.04. The molecule has 0 aliphatic carbocycles. The Balaban J connectivity index is 1.78. The van der Waals surface area contributed by atoms with Crippen molar-refractivity contribution in [3.63, 3.8) is 0 Å². The molecule has 0 saturated heterocycles. The van der Waals surface area contributed by atoms with E-state index in [0.29, 0.717) is 27.4 Å². The zero-order valence-electron chi connectivity index (χ0n) is 16.5. The average molecular weight is 433 g/mol. The molecule has 0 unspecified atom stereocenters. The number of halogens is 2. The lowest BCUT2D eigenvalue weighted by atomic mass is 10.1. The van der Waals surface area contributed by atoms with E-state index in [0.717, 1.165) is 36.6 Å². The molecule has 1 N–H and O–H groups in total. The van der Waals surface area contributed by atoms with E-state index in [2.05, 4.69) is 44.5 Å². The van der Waals surface area contributed by atoms with Crippen LogP contribution in [0.25, 0.3) is 11.4 Å². The van der Waals surface area contributed by atoms with Crippen molar-refractivity contribution in [3.8, 4) is 17.1 Å². The van der Waals surface area contributed by atoms with Crippen LogP contribution < -0.4 is 10.1 Å². The number of nitrogens with one attached hydrogen (secondary N) is 1. The fourth-order valence-corrected chi connectivity index (χ4v) is 3.13. The van der Waals surface area contributed by atoms with Gasteiger partial charge in [-0.05, 0) is 49.5 Å². The zero-order chi connectivity index (χ0) is 20.8. The van der Waals surface area contributed by atoms with Crippen LogP contribution in [0.15, 0.2) is 36.4 Å². The molecule has 0 fully saturated rings. The van der Waals surface area contributed by atoms with Gasteiger partial charge in [0, 0.05) is 23.4 Å². The first kappa shape index (κ1) is 21.2. The lowest BCUT2D eigenvalue weighted by Gasteiger charge is -2.20. The fourth-order valence-electron chi connectivity index (χ4n) is 2.83. The molecule has 3 rings (SSSR count). The molecule has 0 aliphatic heterocycles. The van der Waals surface area contributed by atoms with Crippen molar-refractivity contribution in [2.45, 2.75) is 20.4 Å². The molecule has 29 heavy (non-hydrogen) atoms. The molecule has 0 radical (unpaired) electrons. The summed E-state index contributed by atoms with van der Waals surface area (Å²) in [6.07, 6.45) is 0. The fraction of sp³-hybridized carbons (Fsp3) is 0.300. The van der Waals surface area contributed by atoms with Crippen LogP contribution in [0.3, 0.4) is 0 Å². The number of ether oxygens (including phenoxy) is 1. The third-order valence-electron chi connectivity index (χ3n) is 4.48. The molecule has 7 nitrogen and oxygen atoms in total. The highest BCUT2D eigenvalue weighted by Crippen LogP contribution is 2.27. The minimum atomic E-state index is 0.299. The number of nitrogens with zero attached hydrogens (tertiary/aromatic N) is 5. The second-order valence-corrected chi connectivity index (χ2v) is 7.10. The molecule has 0 bridgehead atoms. The van der Waals surface area contributed by atoms with E-state index in [1.54, 1.807) is 25.3 Å². The topological polar surface area (TPSA) is 76.1 Å². The van der Waals surface area contributed by atoms with Gasteiger partial charge in [0.25, 0.3) is 5.95 Å². The summed E-state index contributed by atoms with van der Waals surface area (Å²) in [7, 11) is 1.67. The van der Waals surface area contributed by atoms with Gasteiger partial charge in [-0.25, -0.2) is 0 Å². The number of benzene rings is 2. The summed E-state index contributed by atoms with van der Waals surface area (Å²) in [5, 5.41) is 20.5. The first-order valence-corrected chi connectivity index (χ1v) is 9.98. The summed E-state index contributed by atoms with van der Waals surface area (Å²) in [6.45, 7) is 6.99. The number of hydrogen-bond acceptors (Lipinski definition) is 7. The minimum Gasteiger partial charge on any atom is -0.496 e. The van der Waals surface area contributed by atoms with Gasteiger partial charge in [0.15, 0.2) is 0 Å². The molecular formula is C20H22Cl2N6O. The van der Waals surface area contributed by atoms with Crippen molar-refractivity contribution < 1.29 is 4.74 Å². The quantitative estimate of drug-likeness (QED) is 0.545. The minimum absolute atomic E-state index is 0.299. The number of rotatable bonds is 8. The highest BCUT2D eigenvalue weighted by atomic mass is 35.5. The Morgan fingerprint density at radius 1 is 0.931 bits per heavy atom. The van der Waals surface area contributed by atoms with Crippen LogP contribution in [-0.4, -0.2) is 45.5 Å². The van der Waals surface area contributed by atoms with E-state index in [9.17, 15) is 0 Å². The van der Waals surface area contributed by atoms with Crippen molar-refractivity contribution in [2.75, 3.05) is 25.5 Å². The Morgan fingerprint density at radius 3 is 2.28 bits per heavy atom. The van der Waals surface area contributed by atoms with Crippen LogP contribution in [0.2, 0.25) is 10.0 Å². The second kappa shape index (κ2) is 9.82. The van der Waals surface area contributed by atoms with Crippen molar-refractivity contribution in [2.24, 2.45) is 0 Å². The van der Waals surface area contributed by atoms with Crippen LogP contribution in [0.4, 0.5) is 11.6 Å². The first-order chi connectivity index (χ1) is 14.0. The number of aromatic nitrogens is 4. The molecule has 0 aliphatic rings. The smallest absolute Gasteiger partial charge is 0.266 e. The molecule has 9 heteroatoms. The Kier molecular flexibility index (Phi) is 7.19. The lowest BCUT2D eigenvalue weighted by Crippen LogP contribution is -2.22. The van der Waals surface area contributed by atoms with Crippen LogP contribution in [0, 0.1) is 0 Å². The Hall–Kier alpha value is -2.48. The van der Waals surface area contributed by atoms with Crippen molar-refractivity contribution in [3.05, 3.63) is 52.0 Å². The van der Waals surface area contributed by atoms with Gasteiger partial charge in [-0.3, -0.25) is 4.90 Å². The van der Waals surface area contributed by atoms with E-state index in [1.807, 2.05) is 18.2 Å². The molecule has 2 aromatic carbocycles. The highest BCUT2D eigenvalue weighted by molar-refractivity contribution is 6.42. The summed E-state index contributed by atoms with van der Waals surface area (Å²) in [5.74, 6) is 1.51. The summed E-state index contributed by atoms with van der Waals surface area (Å²) >= 11 is 12.0. The number of methoxy groups -OCH3 is 1. The van der Waals surface area contributed by atoms with Gasteiger partial charge in [-0.2, -0.15) is 0 Å². The van der Waals surface area contributed by atoms with E-state index in [1.165, 1.54) is 0 Å². The SMILES string of the molecule is CCN(CC)Cc1cc(Nc2nnc(-c3ccc(Cl)c(Cl)c3)nn2)ccc1OC. The van der Waals surface area contributed by atoms with Crippen molar-refractivity contribution in [1.29, 1.82) is 0 Å². The molecule has 1 heterocycles. The molecule has 3 aromatic rings. The van der Waals surface area contributed by atoms with Crippen LogP contribution in [-0.2, 0) is 6.54 Å². The van der Waals surface area contributed by atoms with E-state index >= 15 is 0 Å². The third kappa shape index (κ3) is 5.32. The van der Waals surface area contributed by atoms with Gasteiger partial charge < -0.3 is 10.1 Å². The van der Waals surface area contributed by atoms with Gasteiger partial charge in [0.1, 0.15) is 5.75 Å². The molecule has 0 spiro atoms. The molecule has 1 aromatic heterocycles. The molecular weight excluding hydrogens is 411 g/mol. The largest absolute Gasteiger partial charge is 0.496 e. The maximum Gasteiger partial charge on any atom is 0.266 e. The van der Waals surface area contributed by atoms with Gasteiger partial charge >= 0.3 is 0 Å². The molecule has 0 amide bonds. The van der Waals surface area contributed by atoms with Gasteiger partial charge in [-0.1, -0.05) is 37.0 Å². The van der Waals surface area contributed by atoms with Gasteiger partial charge in [-0.15, -0.1) is 20.4 Å². The zero-order valence-corrected chi connectivity index (χ0v) is 18.0. The number of anilines is 2. The maximum absolute atomic E-state index is 6.04. The normalized spacial score (nSPS) is 11.0. The third-order valence-corrected chi connectivity index (χ3v) is 5.22. The van der Waals surface area contributed by atoms with Crippen molar-refractivity contribution >= 4 is 34.8 Å². The second-order valence-electron chi connectivity index (χ2n) is 6.29.